The largest absolute Gasteiger partial charge is 0.586 e. The number of nitrogens with zero attached hydrogens (tertiary/aromatic N) is 3. The van der Waals surface area contributed by atoms with Crippen LogP contribution in [0.3, 0.4) is 0 Å². The molecule has 1 unspecified atom stereocenters. The second kappa shape index (κ2) is 10.2. The predicted octanol–water partition coefficient (Wildman–Crippen LogP) is 4.15. The molecule has 4 N–H and O–H groups in total. The average molecular weight is 684 g/mol. The number of rotatable bonds is 9. The van der Waals surface area contributed by atoms with Gasteiger partial charge < -0.3 is 35.1 Å². The molecule has 4 aliphatic rings. The first-order chi connectivity index (χ1) is 23.2. The summed E-state index contributed by atoms with van der Waals surface area (Å²) in [7, 11) is 1.39. The van der Waals surface area contributed by atoms with Crippen LogP contribution in [0.15, 0.2) is 36.5 Å². The highest BCUT2D eigenvalue weighted by molar-refractivity contribution is 6.00. The standard InChI is InChI=1S/C33H29F4N5O7/c1-30(29(38)44)14-47-26-22(30)23(34)27(40-25(26)15-3-6-19-20(10-15)49-33(36,37)48-19)32(45,18-4-5-18)13-39-28(43)16-9-17-12-42(31(35)7-8-31)41-24(17)21(11-16)46-2/h3,6,9-12,18,45H,4-5,7-8,13-14H2,1-2H3,(H2,38,44)(H,39,43)/t30-,32?/m0/s1. The van der Waals surface area contributed by atoms with Gasteiger partial charge in [-0.1, -0.05) is 0 Å². The van der Waals surface area contributed by atoms with Gasteiger partial charge in [0.1, 0.15) is 40.3 Å². The molecule has 0 bridgehead atoms. The van der Waals surface area contributed by atoms with Crippen LogP contribution >= 0.6 is 0 Å². The highest BCUT2D eigenvalue weighted by Crippen LogP contribution is 2.53. The molecule has 0 radical (unpaired) electrons. The molecule has 2 saturated carbocycles. The van der Waals surface area contributed by atoms with Crippen LogP contribution in [0, 0.1) is 11.7 Å². The van der Waals surface area contributed by atoms with E-state index in [4.69, 9.17) is 15.2 Å². The Morgan fingerprint density at radius 3 is 2.57 bits per heavy atom. The van der Waals surface area contributed by atoms with E-state index in [0.717, 1.165) is 0 Å². The minimum atomic E-state index is -3.91. The zero-order chi connectivity index (χ0) is 34.7. The molecular weight excluding hydrogens is 654 g/mol. The van der Waals surface area contributed by atoms with E-state index in [-0.39, 0.29) is 52.0 Å². The molecular formula is C33H29F4N5O7. The molecule has 8 rings (SSSR count). The van der Waals surface area contributed by atoms with Crippen LogP contribution in [-0.2, 0) is 21.6 Å². The molecule has 4 heterocycles. The van der Waals surface area contributed by atoms with Crippen LogP contribution in [0.4, 0.5) is 17.6 Å². The van der Waals surface area contributed by atoms with Gasteiger partial charge in [0, 0.05) is 35.6 Å². The summed E-state index contributed by atoms with van der Waals surface area (Å²) in [5.41, 5.74) is 1.72. The first-order valence-corrected chi connectivity index (χ1v) is 15.5. The van der Waals surface area contributed by atoms with Gasteiger partial charge in [0.2, 0.25) is 11.7 Å². The minimum Gasteiger partial charge on any atom is -0.494 e. The lowest BCUT2D eigenvalue weighted by Crippen LogP contribution is -2.45. The Kier molecular flexibility index (Phi) is 6.49. The van der Waals surface area contributed by atoms with E-state index in [0.29, 0.717) is 36.6 Å². The smallest absolute Gasteiger partial charge is 0.494 e. The Labute approximate surface area is 275 Å². The molecule has 49 heavy (non-hydrogen) atoms. The lowest BCUT2D eigenvalue weighted by Gasteiger charge is -2.30. The van der Waals surface area contributed by atoms with Crippen LogP contribution < -0.4 is 30.0 Å². The molecule has 12 nitrogen and oxygen atoms in total. The second-order valence-electron chi connectivity index (χ2n) is 13.1. The van der Waals surface area contributed by atoms with Gasteiger partial charge in [0.05, 0.1) is 19.2 Å². The number of methoxy groups -OCH3 is 1. The van der Waals surface area contributed by atoms with E-state index in [1.54, 1.807) is 0 Å². The first kappa shape index (κ1) is 31.2. The number of halogens is 4. The SMILES string of the molecule is COc1cc(C(=O)NCC(O)(c2nc(-c3ccc4c(c3)OC(F)(F)O4)c3c(c2F)[C@@](C)(C(N)=O)CO3)C2CC2)cc2cn(C3(F)CC3)nc12. The summed E-state index contributed by atoms with van der Waals surface area (Å²) in [5.74, 6) is -5.24. The van der Waals surface area contributed by atoms with Crippen molar-refractivity contribution >= 4 is 22.7 Å². The molecule has 2 amide bonds. The van der Waals surface area contributed by atoms with Crippen molar-refractivity contribution in [1.82, 2.24) is 20.1 Å². The third kappa shape index (κ3) is 4.82. The van der Waals surface area contributed by atoms with Crippen LogP contribution in [0.2, 0.25) is 0 Å². The van der Waals surface area contributed by atoms with Crippen molar-refractivity contribution in [1.29, 1.82) is 0 Å². The molecule has 256 valence electrons. The molecule has 0 saturated heterocycles. The zero-order valence-electron chi connectivity index (χ0n) is 26.1. The van der Waals surface area contributed by atoms with Crippen LogP contribution in [-0.4, -0.2) is 58.2 Å². The number of ether oxygens (including phenoxy) is 4. The zero-order valence-corrected chi connectivity index (χ0v) is 26.1. The summed E-state index contributed by atoms with van der Waals surface area (Å²) in [4.78, 5) is 30.7. The molecule has 2 aromatic heterocycles. The monoisotopic (exact) mass is 683 g/mol. The van der Waals surface area contributed by atoms with Gasteiger partial charge in [-0.25, -0.2) is 18.4 Å². The van der Waals surface area contributed by atoms with Gasteiger partial charge in [-0.3, -0.25) is 9.59 Å². The van der Waals surface area contributed by atoms with Gasteiger partial charge in [-0.2, -0.15) is 5.10 Å². The number of aliphatic hydroxyl groups is 1. The number of carbonyl (C=O) groups is 2. The predicted molar refractivity (Wildman–Crippen MR) is 161 cm³/mol. The number of fused-ring (bicyclic) bond motifs is 3. The van der Waals surface area contributed by atoms with Crippen molar-refractivity contribution in [3.8, 4) is 34.3 Å². The number of hydrogen-bond acceptors (Lipinski definition) is 9. The van der Waals surface area contributed by atoms with Crippen molar-refractivity contribution in [2.45, 2.75) is 55.7 Å². The lowest BCUT2D eigenvalue weighted by atomic mass is 9.80. The Balaban J connectivity index is 1.18. The molecule has 0 spiro atoms. The fourth-order valence-electron chi connectivity index (χ4n) is 6.47. The fraction of sp³-hybridized carbons (Fsp3) is 0.394. The van der Waals surface area contributed by atoms with Gasteiger partial charge in [0.15, 0.2) is 23.1 Å². The van der Waals surface area contributed by atoms with Crippen molar-refractivity contribution in [2.75, 3.05) is 20.3 Å². The average Bonchev–Trinajstić information content (AvgIpc) is 3.94. The maximum Gasteiger partial charge on any atom is 0.586 e. The fourth-order valence-corrected chi connectivity index (χ4v) is 6.47. The Morgan fingerprint density at radius 1 is 1.16 bits per heavy atom. The summed E-state index contributed by atoms with van der Waals surface area (Å²) in [6.07, 6.45) is -0.847. The summed E-state index contributed by atoms with van der Waals surface area (Å²) in [6.45, 7) is 0.529. The molecule has 2 aliphatic carbocycles. The molecule has 2 aliphatic heterocycles. The maximum absolute atomic E-state index is 16.7. The molecule has 4 aromatic rings. The normalized spacial score (nSPS) is 22.3. The second-order valence-corrected chi connectivity index (χ2v) is 13.1. The van der Waals surface area contributed by atoms with Gasteiger partial charge in [-0.05, 0) is 56.0 Å². The van der Waals surface area contributed by atoms with Crippen molar-refractivity contribution in [2.24, 2.45) is 11.7 Å². The Morgan fingerprint density at radius 2 is 1.90 bits per heavy atom. The van der Waals surface area contributed by atoms with E-state index in [1.165, 1.54) is 55.2 Å². The summed E-state index contributed by atoms with van der Waals surface area (Å²) >= 11 is 0. The number of pyridine rings is 1. The topological polar surface area (TPSA) is 160 Å². The highest BCUT2D eigenvalue weighted by Gasteiger charge is 2.53. The molecule has 2 aromatic carbocycles. The minimum absolute atomic E-state index is 0.0723. The van der Waals surface area contributed by atoms with Crippen molar-refractivity contribution in [3.05, 3.63) is 59.2 Å². The number of primary amides is 1. The summed E-state index contributed by atoms with van der Waals surface area (Å²) in [5, 5.41) is 19.6. The van der Waals surface area contributed by atoms with Gasteiger partial charge >= 0.3 is 6.29 Å². The molecule has 2 atom stereocenters. The maximum atomic E-state index is 16.7. The number of carbonyl (C=O) groups excluding carboxylic acids is 2. The first-order valence-electron chi connectivity index (χ1n) is 15.5. The highest BCUT2D eigenvalue weighted by atomic mass is 19.3. The molecule has 2 fully saturated rings. The summed E-state index contributed by atoms with van der Waals surface area (Å²) < 4.78 is 80.6. The number of nitrogens with two attached hydrogens (primary N) is 1. The number of hydrogen-bond donors (Lipinski definition) is 3. The number of alkyl halides is 3. The van der Waals surface area contributed by atoms with E-state index < -0.39 is 58.9 Å². The van der Waals surface area contributed by atoms with E-state index in [2.05, 4.69) is 24.9 Å². The van der Waals surface area contributed by atoms with Crippen molar-refractivity contribution < 1.29 is 51.2 Å². The van der Waals surface area contributed by atoms with E-state index in [9.17, 15) is 27.9 Å². The third-order valence-electron chi connectivity index (χ3n) is 9.68. The van der Waals surface area contributed by atoms with Crippen LogP contribution in [0.25, 0.3) is 22.2 Å². The van der Waals surface area contributed by atoms with Crippen LogP contribution in [0.1, 0.15) is 54.2 Å². The number of aromatic nitrogens is 3. The Bertz CT molecular complexity index is 2100. The third-order valence-corrected chi connectivity index (χ3v) is 9.68. The van der Waals surface area contributed by atoms with E-state index in [1.807, 2.05) is 0 Å². The van der Waals surface area contributed by atoms with Gasteiger partial charge in [0.25, 0.3) is 5.91 Å². The number of benzene rings is 2. The lowest BCUT2D eigenvalue weighted by molar-refractivity contribution is -0.286. The summed E-state index contributed by atoms with van der Waals surface area (Å²) in [6, 6.07) is 6.71. The Hall–Kier alpha value is -5.12. The number of amides is 2. The van der Waals surface area contributed by atoms with Crippen LogP contribution in [0.5, 0.6) is 23.0 Å². The number of nitrogens with one attached hydrogen (secondary N) is 1. The molecule has 16 heteroatoms. The quantitative estimate of drug-likeness (QED) is 0.220. The van der Waals surface area contributed by atoms with Crippen molar-refractivity contribution in [3.63, 3.8) is 0 Å². The van der Waals surface area contributed by atoms with E-state index >= 15 is 4.39 Å². The van der Waals surface area contributed by atoms with Gasteiger partial charge in [-0.15, -0.1) is 8.78 Å².